The van der Waals surface area contributed by atoms with E-state index in [0.717, 1.165) is 6.07 Å². The Bertz CT molecular complexity index is 383. The quantitative estimate of drug-likeness (QED) is 0.698. The summed E-state index contributed by atoms with van der Waals surface area (Å²) >= 11 is 0. The van der Waals surface area contributed by atoms with Crippen LogP contribution in [0.4, 0.5) is 17.6 Å². The second-order valence-electron chi connectivity index (χ2n) is 3.28. The van der Waals surface area contributed by atoms with E-state index < -0.39 is 23.8 Å². The molecule has 0 saturated carbocycles. The van der Waals surface area contributed by atoms with Gasteiger partial charge in [-0.2, -0.15) is 13.2 Å². The van der Waals surface area contributed by atoms with Crippen LogP contribution in [0.1, 0.15) is 17.4 Å². The largest absolute Gasteiger partial charge is 0.419 e. The van der Waals surface area contributed by atoms with Crippen LogP contribution in [0.15, 0.2) is 18.2 Å². The van der Waals surface area contributed by atoms with Crippen molar-refractivity contribution in [1.82, 2.24) is 0 Å². The van der Waals surface area contributed by atoms with Crippen LogP contribution in [-0.2, 0) is 15.7 Å². The summed E-state index contributed by atoms with van der Waals surface area (Å²) in [6.07, 6.45) is -5.75. The molecule has 2 nitrogen and oxygen atoms in total. The zero-order chi connectivity index (χ0) is 11.8. The molecule has 1 heterocycles. The van der Waals surface area contributed by atoms with Gasteiger partial charge in [-0.3, -0.25) is 0 Å². The van der Waals surface area contributed by atoms with Crippen LogP contribution >= 0.6 is 0 Å². The van der Waals surface area contributed by atoms with Gasteiger partial charge < -0.3 is 9.47 Å². The van der Waals surface area contributed by atoms with E-state index in [4.69, 9.17) is 9.47 Å². The number of alkyl halides is 3. The lowest BCUT2D eigenvalue weighted by atomic mass is 10.1. The van der Waals surface area contributed by atoms with Crippen molar-refractivity contribution >= 4 is 0 Å². The molecule has 0 aliphatic carbocycles. The summed E-state index contributed by atoms with van der Waals surface area (Å²) in [7, 11) is 0. The summed E-state index contributed by atoms with van der Waals surface area (Å²) in [6, 6.07) is 3.04. The summed E-state index contributed by atoms with van der Waals surface area (Å²) in [5.41, 5.74) is -1.52. The Kier molecular flexibility index (Phi) is 2.86. The van der Waals surface area contributed by atoms with Gasteiger partial charge >= 0.3 is 6.18 Å². The topological polar surface area (TPSA) is 18.5 Å². The van der Waals surface area contributed by atoms with E-state index in [9.17, 15) is 17.6 Å². The van der Waals surface area contributed by atoms with Crippen LogP contribution in [0.25, 0.3) is 0 Å². The molecule has 0 unspecified atom stereocenters. The Morgan fingerprint density at radius 3 is 2.31 bits per heavy atom. The molecule has 88 valence electrons. The summed E-state index contributed by atoms with van der Waals surface area (Å²) in [6.45, 7) is 0.501. The van der Waals surface area contributed by atoms with Crippen LogP contribution < -0.4 is 0 Å². The molecule has 1 aromatic rings. The van der Waals surface area contributed by atoms with Gasteiger partial charge in [0.15, 0.2) is 6.29 Å². The molecule has 0 amide bonds. The second kappa shape index (κ2) is 4.03. The van der Waals surface area contributed by atoms with Crippen molar-refractivity contribution in [3.05, 3.63) is 35.1 Å². The van der Waals surface area contributed by atoms with Crippen molar-refractivity contribution in [2.75, 3.05) is 13.2 Å². The summed E-state index contributed by atoms with van der Waals surface area (Å²) < 4.78 is 60.6. The molecule has 0 radical (unpaired) electrons. The average molecular weight is 236 g/mol. The minimum absolute atomic E-state index is 0.215. The van der Waals surface area contributed by atoms with Gasteiger partial charge in [0.25, 0.3) is 0 Å². The Morgan fingerprint density at radius 1 is 1.12 bits per heavy atom. The van der Waals surface area contributed by atoms with Crippen LogP contribution in [0, 0.1) is 5.82 Å². The lowest BCUT2D eigenvalue weighted by molar-refractivity contribution is -0.140. The van der Waals surface area contributed by atoms with Crippen LogP contribution in [0.2, 0.25) is 0 Å². The third-order valence-corrected chi connectivity index (χ3v) is 2.21. The number of rotatable bonds is 1. The maximum atomic E-state index is 13.5. The van der Waals surface area contributed by atoms with Gasteiger partial charge in [0.05, 0.1) is 18.8 Å². The van der Waals surface area contributed by atoms with E-state index in [0.29, 0.717) is 6.07 Å². The Balaban J connectivity index is 2.40. The Hall–Kier alpha value is -1.14. The van der Waals surface area contributed by atoms with Gasteiger partial charge in [-0.05, 0) is 6.07 Å². The van der Waals surface area contributed by atoms with Gasteiger partial charge in [-0.15, -0.1) is 0 Å². The Morgan fingerprint density at radius 2 is 1.75 bits per heavy atom. The molecule has 1 aliphatic rings. The van der Waals surface area contributed by atoms with Gasteiger partial charge in [0.2, 0.25) is 0 Å². The van der Waals surface area contributed by atoms with Crippen molar-refractivity contribution in [2.24, 2.45) is 0 Å². The number of benzene rings is 1. The first-order valence-electron chi connectivity index (χ1n) is 4.59. The van der Waals surface area contributed by atoms with Crippen LogP contribution in [-0.4, -0.2) is 13.2 Å². The van der Waals surface area contributed by atoms with Crippen molar-refractivity contribution in [2.45, 2.75) is 12.5 Å². The molecule has 1 saturated heterocycles. The predicted molar refractivity (Wildman–Crippen MR) is 46.0 cm³/mol. The van der Waals surface area contributed by atoms with E-state index in [1.807, 2.05) is 0 Å². The Labute approximate surface area is 88.8 Å². The van der Waals surface area contributed by atoms with Crippen LogP contribution in [0.5, 0.6) is 0 Å². The summed E-state index contributed by atoms with van der Waals surface area (Å²) in [5, 5.41) is 0. The monoisotopic (exact) mass is 236 g/mol. The van der Waals surface area contributed by atoms with Crippen molar-refractivity contribution in [1.29, 1.82) is 0 Å². The molecule has 2 rings (SSSR count). The minimum atomic E-state index is -4.71. The lowest BCUT2D eigenvalue weighted by Gasteiger charge is -2.14. The highest BCUT2D eigenvalue weighted by Crippen LogP contribution is 2.35. The molecule has 16 heavy (non-hydrogen) atoms. The van der Waals surface area contributed by atoms with Gasteiger partial charge in [-0.1, -0.05) is 12.1 Å². The fourth-order valence-electron chi connectivity index (χ4n) is 1.49. The zero-order valence-corrected chi connectivity index (χ0v) is 8.05. The molecule has 0 atom stereocenters. The first-order chi connectivity index (χ1) is 7.50. The molecule has 0 spiro atoms. The van der Waals surface area contributed by atoms with Crippen LogP contribution in [0.3, 0.4) is 0 Å². The number of hydrogen-bond acceptors (Lipinski definition) is 2. The number of ether oxygens (including phenoxy) is 2. The highest BCUT2D eigenvalue weighted by Gasteiger charge is 2.36. The van der Waals surface area contributed by atoms with E-state index in [-0.39, 0.29) is 18.8 Å². The third kappa shape index (κ3) is 2.03. The average Bonchev–Trinajstić information content (AvgIpc) is 2.69. The second-order valence-corrected chi connectivity index (χ2v) is 3.28. The van der Waals surface area contributed by atoms with E-state index in [1.165, 1.54) is 6.07 Å². The fourth-order valence-corrected chi connectivity index (χ4v) is 1.49. The molecule has 0 bridgehead atoms. The van der Waals surface area contributed by atoms with Crippen molar-refractivity contribution in [3.63, 3.8) is 0 Å². The van der Waals surface area contributed by atoms with E-state index in [2.05, 4.69) is 0 Å². The zero-order valence-electron chi connectivity index (χ0n) is 8.05. The van der Waals surface area contributed by atoms with Gasteiger partial charge in [-0.25, -0.2) is 4.39 Å². The summed E-state index contributed by atoms with van der Waals surface area (Å²) in [5.74, 6) is -1.33. The number of halogens is 4. The maximum absolute atomic E-state index is 13.5. The normalized spacial score (nSPS) is 18.0. The standard InChI is InChI=1S/C10H8F4O2/c11-8-6(9-15-4-5-16-9)2-1-3-7(8)10(12,13)14/h1-3,9H,4-5H2. The molecule has 1 fully saturated rings. The van der Waals surface area contributed by atoms with Gasteiger partial charge in [0, 0.05) is 5.56 Å². The first-order valence-corrected chi connectivity index (χ1v) is 4.59. The highest BCUT2D eigenvalue weighted by molar-refractivity contribution is 5.29. The van der Waals surface area contributed by atoms with Crippen molar-refractivity contribution in [3.8, 4) is 0 Å². The molecule has 1 aliphatic heterocycles. The fraction of sp³-hybridized carbons (Fsp3) is 0.400. The van der Waals surface area contributed by atoms with Crippen molar-refractivity contribution < 1.29 is 27.0 Å². The SMILES string of the molecule is Fc1c(C2OCCO2)cccc1C(F)(F)F. The molecular formula is C10H8F4O2. The van der Waals surface area contributed by atoms with E-state index >= 15 is 0 Å². The first kappa shape index (κ1) is 11.3. The molecule has 1 aromatic carbocycles. The molecule has 0 N–H and O–H groups in total. The van der Waals surface area contributed by atoms with Gasteiger partial charge in [0.1, 0.15) is 5.82 Å². The molecule has 6 heteroatoms. The third-order valence-electron chi connectivity index (χ3n) is 2.21. The smallest absolute Gasteiger partial charge is 0.346 e. The molecular weight excluding hydrogens is 228 g/mol. The maximum Gasteiger partial charge on any atom is 0.419 e. The predicted octanol–water partition coefficient (Wildman–Crippen LogP) is 2.89. The van der Waals surface area contributed by atoms with E-state index in [1.54, 1.807) is 0 Å². The lowest BCUT2D eigenvalue weighted by Crippen LogP contribution is -2.12. The summed E-state index contributed by atoms with van der Waals surface area (Å²) in [4.78, 5) is 0. The molecule has 0 aromatic heterocycles. The minimum Gasteiger partial charge on any atom is -0.346 e. The number of hydrogen-bond donors (Lipinski definition) is 0. The highest BCUT2D eigenvalue weighted by atomic mass is 19.4.